The van der Waals surface area contributed by atoms with Crippen LogP contribution in [0, 0.1) is 0 Å². The molecule has 0 aliphatic heterocycles. The molecule has 112 valence electrons. The quantitative estimate of drug-likeness (QED) is 0.915. The SMILES string of the molecule is Cn1nnc(COc2ccccc2NC2CCCCC2)n1. The minimum absolute atomic E-state index is 0.331. The molecule has 2 aromatic rings. The van der Waals surface area contributed by atoms with Gasteiger partial charge in [-0.25, -0.2) is 0 Å². The fourth-order valence-corrected chi connectivity index (χ4v) is 2.70. The Balaban J connectivity index is 1.64. The number of para-hydroxylation sites is 2. The second-order valence-electron chi connectivity index (χ2n) is 5.46. The molecule has 1 aromatic heterocycles. The lowest BCUT2D eigenvalue weighted by molar-refractivity contribution is 0.296. The molecule has 1 N–H and O–H groups in total. The summed E-state index contributed by atoms with van der Waals surface area (Å²) < 4.78 is 5.84. The largest absolute Gasteiger partial charge is 0.483 e. The van der Waals surface area contributed by atoms with Crippen molar-refractivity contribution in [2.45, 2.75) is 44.8 Å². The first-order chi connectivity index (χ1) is 10.3. The van der Waals surface area contributed by atoms with Crippen LogP contribution in [-0.4, -0.2) is 26.2 Å². The maximum atomic E-state index is 5.84. The minimum atomic E-state index is 0.331. The van der Waals surface area contributed by atoms with Crippen molar-refractivity contribution in [2.75, 3.05) is 5.32 Å². The van der Waals surface area contributed by atoms with E-state index in [1.54, 1.807) is 7.05 Å². The molecule has 0 unspecified atom stereocenters. The molecule has 1 aliphatic carbocycles. The summed E-state index contributed by atoms with van der Waals surface area (Å²) in [6, 6.07) is 8.60. The van der Waals surface area contributed by atoms with Crippen molar-refractivity contribution in [3.8, 4) is 5.75 Å². The van der Waals surface area contributed by atoms with E-state index < -0.39 is 0 Å². The third kappa shape index (κ3) is 3.71. The summed E-state index contributed by atoms with van der Waals surface area (Å²) in [4.78, 5) is 1.44. The van der Waals surface area contributed by atoms with E-state index in [0.29, 0.717) is 18.5 Å². The maximum Gasteiger partial charge on any atom is 0.212 e. The van der Waals surface area contributed by atoms with Crippen LogP contribution < -0.4 is 10.1 Å². The number of hydrogen-bond donors (Lipinski definition) is 1. The van der Waals surface area contributed by atoms with Gasteiger partial charge in [-0.05, 0) is 30.2 Å². The lowest BCUT2D eigenvalue weighted by atomic mass is 9.95. The van der Waals surface area contributed by atoms with Crippen LogP contribution in [0.15, 0.2) is 24.3 Å². The molecule has 0 saturated heterocycles. The first kappa shape index (κ1) is 13.9. The Kier molecular flexibility index (Phi) is 4.33. The van der Waals surface area contributed by atoms with Gasteiger partial charge in [0.05, 0.1) is 12.7 Å². The number of ether oxygens (including phenoxy) is 1. The van der Waals surface area contributed by atoms with Crippen molar-refractivity contribution < 1.29 is 4.74 Å². The van der Waals surface area contributed by atoms with E-state index in [-0.39, 0.29) is 0 Å². The van der Waals surface area contributed by atoms with Gasteiger partial charge < -0.3 is 10.1 Å². The monoisotopic (exact) mass is 287 g/mol. The Hall–Kier alpha value is -2.11. The summed E-state index contributed by atoms with van der Waals surface area (Å²) >= 11 is 0. The smallest absolute Gasteiger partial charge is 0.212 e. The Bertz CT molecular complexity index is 577. The fourth-order valence-electron chi connectivity index (χ4n) is 2.70. The Morgan fingerprint density at radius 2 is 2.05 bits per heavy atom. The highest BCUT2D eigenvalue weighted by Gasteiger charge is 2.15. The summed E-state index contributed by atoms with van der Waals surface area (Å²) in [6.45, 7) is 0.331. The number of nitrogens with one attached hydrogen (secondary N) is 1. The predicted molar refractivity (Wildman–Crippen MR) is 80.1 cm³/mol. The Morgan fingerprint density at radius 1 is 1.24 bits per heavy atom. The van der Waals surface area contributed by atoms with Crippen LogP contribution >= 0.6 is 0 Å². The van der Waals surface area contributed by atoms with Crippen LogP contribution in [0.5, 0.6) is 5.75 Å². The molecule has 1 fully saturated rings. The molecular weight excluding hydrogens is 266 g/mol. The van der Waals surface area contributed by atoms with Crippen molar-refractivity contribution in [2.24, 2.45) is 7.05 Å². The number of hydrogen-bond acceptors (Lipinski definition) is 5. The standard InChI is InChI=1S/C15H21N5O/c1-20-18-15(17-19-20)11-21-14-10-6-5-9-13(14)16-12-7-3-2-4-8-12/h5-6,9-10,12,16H,2-4,7-8,11H2,1H3. The molecule has 1 saturated carbocycles. The topological polar surface area (TPSA) is 64.9 Å². The molecule has 6 nitrogen and oxygen atoms in total. The van der Waals surface area contributed by atoms with E-state index in [9.17, 15) is 0 Å². The summed E-state index contributed by atoms with van der Waals surface area (Å²) in [6.07, 6.45) is 6.45. The molecular formula is C15H21N5O. The van der Waals surface area contributed by atoms with Crippen molar-refractivity contribution >= 4 is 5.69 Å². The average Bonchev–Trinajstić information content (AvgIpc) is 2.93. The van der Waals surface area contributed by atoms with Crippen LogP contribution in [0.3, 0.4) is 0 Å². The van der Waals surface area contributed by atoms with Gasteiger partial charge in [-0.1, -0.05) is 31.4 Å². The molecule has 0 radical (unpaired) electrons. The van der Waals surface area contributed by atoms with E-state index >= 15 is 0 Å². The molecule has 1 aliphatic rings. The van der Waals surface area contributed by atoms with Gasteiger partial charge >= 0.3 is 0 Å². The van der Waals surface area contributed by atoms with Gasteiger partial charge in [0.1, 0.15) is 5.75 Å². The zero-order chi connectivity index (χ0) is 14.5. The van der Waals surface area contributed by atoms with Crippen LogP contribution in [0.2, 0.25) is 0 Å². The minimum Gasteiger partial charge on any atom is -0.483 e. The molecule has 0 amide bonds. The second-order valence-corrected chi connectivity index (χ2v) is 5.46. The van der Waals surface area contributed by atoms with Crippen molar-refractivity contribution in [3.05, 3.63) is 30.1 Å². The van der Waals surface area contributed by atoms with Gasteiger partial charge in [-0.3, -0.25) is 0 Å². The fraction of sp³-hybridized carbons (Fsp3) is 0.533. The molecule has 0 bridgehead atoms. The summed E-state index contributed by atoms with van der Waals surface area (Å²) in [5, 5.41) is 15.5. The molecule has 1 aromatic carbocycles. The third-order valence-corrected chi connectivity index (χ3v) is 3.76. The lowest BCUT2D eigenvalue weighted by Gasteiger charge is -2.24. The highest BCUT2D eigenvalue weighted by atomic mass is 16.5. The van der Waals surface area contributed by atoms with Gasteiger partial charge in [-0.15, -0.1) is 10.2 Å². The van der Waals surface area contributed by atoms with E-state index in [2.05, 4.69) is 26.8 Å². The normalized spacial score (nSPS) is 15.9. The molecule has 0 spiro atoms. The number of aryl methyl sites for hydroxylation is 1. The third-order valence-electron chi connectivity index (χ3n) is 3.76. The molecule has 21 heavy (non-hydrogen) atoms. The maximum absolute atomic E-state index is 5.84. The zero-order valence-corrected chi connectivity index (χ0v) is 12.3. The van der Waals surface area contributed by atoms with Crippen LogP contribution in [0.4, 0.5) is 5.69 Å². The molecule has 6 heteroatoms. The van der Waals surface area contributed by atoms with Crippen LogP contribution in [0.1, 0.15) is 37.9 Å². The summed E-state index contributed by atoms with van der Waals surface area (Å²) in [5.74, 6) is 1.43. The summed E-state index contributed by atoms with van der Waals surface area (Å²) in [7, 11) is 1.75. The number of aromatic nitrogens is 4. The number of benzene rings is 1. The van der Waals surface area contributed by atoms with Gasteiger partial charge in [-0.2, -0.15) is 4.80 Å². The Labute approximate surface area is 124 Å². The predicted octanol–water partition coefficient (Wildman–Crippen LogP) is 2.53. The molecule has 3 rings (SSSR count). The lowest BCUT2D eigenvalue weighted by Crippen LogP contribution is -2.22. The van der Waals surface area contributed by atoms with Crippen molar-refractivity contribution in [1.82, 2.24) is 20.2 Å². The highest BCUT2D eigenvalue weighted by Crippen LogP contribution is 2.28. The van der Waals surface area contributed by atoms with E-state index in [4.69, 9.17) is 4.74 Å². The van der Waals surface area contributed by atoms with Crippen LogP contribution in [0.25, 0.3) is 0 Å². The van der Waals surface area contributed by atoms with Gasteiger partial charge in [0.25, 0.3) is 0 Å². The average molecular weight is 287 g/mol. The number of anilines is 1. The van der Waals surface area contributed by atoms with Crippen molar-refractivity contribution in [1.29, 1.82) is 0 Å². The molecule has 0 atom stereocenters. The number of rotatable bonds is 5. The molecule has 1 heterocycles. The highest BCUT2D eigenvalue weighted by molar-refractivity contribution is 5.56. The first-order valence-electron chi connectivity index (χ1n) is 7.52. The summed E-state index contributed by atoms with van der Waals surface area (Å²) in [5.41, 5.74) is 1.05. The number of tetrazole rings is 1. The van der Waals surface area contributed by atoms with E-state index in [0.717, 1.165) is 11.4 Å². The van der Waals surface area contributed by atoms with Crippen molar-refractivity contribution in [3.63, 3.8) is 0 Å². The van der Waals surface area contributed by atoms with Gasteiger partial charge in [0.15, 0.2) is 6.61 Å². The van der Waals surface area contributed by atoms with E-state index in [1.165, 1.54) is 36.9 Å². The van der Waals surface area contributed by atoms with E-state index in [1.807, 2.05) is 18.2 Å². The second kappa shape index (κ2) is 6.56. The van der Waals surface area contributed by atoms with Gasteiger partial charge in [0, 0.05) is 6.04 Å². The van der Waals surface area contributed by atoms with Crippen LogP contribution in [-0.2, 0) is 13.7 Å². The van der Waals surface area contributed by atoms with Gasteiger partial charge in [0.2, 0.25) is 5.82 Å². The first-order valence-corrected chi connectivity index (χ1v) is 7.52. The zero-order valence-electron chi connectivity index (χ0n) is 12.3. The Morgan fingerprint density at radius 3 is 2.81 bits per heavy atom. The number of nitrogens with zero attached hydrogens (tertiary/aromatic N) is 4.